The lowest BCUT2D eigenvalue weighted by atomic mass is 9.69. The zero-order valence-corrected chi connectivity index (χ0v) is 33.5. The van der Waals surface area contributed by atoms with Crippen LogP contribution in [0.3, 0.4) is 0 Å². The van der Waals surface area contributed by atoms with Crippen molar-refractivity contribution in [2.75, 3.05) is 18.4 Å². The van der Waals surface area contributed by atoms with E-state index in [1.54, 1.807) is 4.90 Å². The summed E-state index contributed by atoms with van der Waals surface area (Å²) < 4.78 is 0. The molecule has 14 heteroatoms. The lowest BCUT2D eigenvalue weighted by Gasteiger charge is -2.36. The monoisotopic (exact) mass is 786 g/mol. The average molecular weight is 787 g/mol. The number of benzene rings is 2. The number of nitrogens with two attached hydrogens (primary N) is 1. The summed E-state index contributed by atoms with van der Waals surface area (Å²) in [5, 5.41) is 31.1. The van der Waals surface area contributed by atoms with E-state index in [2.05, 4.69) is 33.4 Å². The molecule has 2 aliphatic rings. The Morgan fingerprint density at radius 2 is 1.61 bits per heavy atom. The van der Waals surface area contributed by atoms with Crippen molar-refractivity contribution in [3.05, 3.63) is 89.0 Å². The number of likely N-dealkylation sites (tertiary alicyclic amines) is 1. The van der Waals surface area contributed by atoms with Gasteiger partial charge in [-0.1, -0.05) is 92.1 Å². The van der Waals surface area contributed by atoms with Crippen molar-refractivity contribution in [2.45, 2.75) is 109 Å². The largest absolute Gasteiger partial charge is 0.481 e. The van der Waals surface area contributed by atoms with Crippen LogP contribution in [0.2, 0.25) is 0 Å². The second-order valence-corrected chi connectivity index (χ2v) is 15.5. The van der Waals surface area contributed by atoms with E-state index in [0.717, 1.165) is 29.5 Å². The number of aliphatic carboxylic acids is 2. The molecule has 14 nitrogen and oxygen atoms in total. The third-order valence-corrected chi connectivity index (χ3v) is 11.2. The predicted molar refractivity (Wildman–Crippen MR) is 217 cm³/mol. The van der Waals surface area contributed by atoms with Crippen LogP contribution in [0.4, 0.5) is 5.69 Å². The number of carboxylic acids is 2. The van der Waals surface area contributed by atoms with Crippen LogP contribution in [0.1, 0.15) is 84.3 Å². The summed E-state index contributed by atoms with van der Waals surface area (Å²) in [4.78, 5) is 81.4. The van der Waals surface area contributed by atoms with E-state index in [0.29, 0.717) is 18.5 Å². The standard InChI is InChI=1S/C43H58N6O8/c1-6-28(5)37(48-35(50)24-44)39(54)46-34(23-29-15-8-7-9-16-29)40(55)49-25-31(38(53)45-33(41(56)57)19-20-36(51)52)43(22-21-27(4)14-12-13-26(2)3)30-17-10-11-18-32(30)47-42(43)49/h7-11,13,15-18,21,28,31,33-34,37,42,47H,6,12,14,19-20,22-25,44H2,1-5H3,(H,45,53)(H,46,54)(H,48,50)(H,51,52)(H,56,57)/b27-21-/t28-,31+,33-,34-,37-,42+,43-/m0/s1. The first-order valence-electron chi connectivity index (χ1n) is 19.7. The van der Waals surface area contributed by atoms with Crippen molar-refractivity contribution in [1.29, 1.82) is 0 Å². The summed E-state index contributed by atoms with van der Waals surface area (Å²) in [6, 6.07) is 13.1. The van der Waals surface area contributed by atoms with Crippen molar-refractivity contribution in [2.24, 2.45) is 17.6 Å². The summed E-state index contributed by atoms with van der Waals surface area (Å²) in [5.74, 6) is -6.02. The van der Waals surface area contributed by atoms with E-state index >= 15 is 4.79 Å². The fourth-order valence-electron chi connectivity index (χ4n) is 7.81. The molecule has 4 rings (SSSR count). The van der Waals surface area contributed by atoms with E-state index in [4.69, 9.17) is 5.73 Å². The van der Waals surface area contributed by atoms with Gasteiger partial charge in [0.1, 0.15) is 24.3 Å². The molecule has 1 saturated heterocycles. The number of hydrogen-bond donors (Lipinski definition) is 7. The molecule has 4 amide bonds. The van der Waals surface area contributed by atoms with Crippen LogP contribution in [-0.2, 0) is 40.6 Å². The van der Waals surface area contributed by atoms with Gasteiger partial charge in [0, 0.05) is 25.1 Å². The van der Waals surface area contributed by atoms with Gasteiger partial charge in [-0.25, -0.2) is 4.79 Å². The van der Waals surface area contributed by atoms with Gasteiger partial charge in [0.2, 0.25) is 23.6 Å². The molecule has 2 aromatic rings. The second-order valence-electron chi connectivity index (χ2n) is 15.5. The molecular formula is C43H58N6O8. The molecular weight excluding hydrogens is 729 g/mol. The lowest BCUT2D eigenvalue weighted by molar-refractivity contribution is -0.144. The van der Waals surface area contributed by atoms with Gasteiger partial charge in [0.05, 0.1) is 17.9 Å². The number of anilines is 1. The van der Waals surface area contributed by atoms with Crippen molar-refractivity contribution in [1.82, 2.24) is 20.9 Å². The second kappa shape index (κ2) is 20.1. The predicted octanol–water partition coefficient (Wildman–Crippen LogP) is 3.87. The van der Waals surface area contributed by atoms with Crippen LogP contribution < -0.4 is 27.0 Å². The van der Waals surface area contributed by atoms with Gasteiger partial charge < -0.3 is 42.1 Å². The Morgan fingerprint density at radius 1 is 0.930 bits per heavy atom. The van der Waals surface area contributed by atoms with E-state index in [9.17, 15) is 34.2 Å². The highest BCUT2D eigenvalue weighted by Crippen LogP contribution is 2.54. The quantitative estimate of drug-likeness (QED) is 0.0961. The Balaban J connectivity index is 1.82. The lowest BCUT2D eigenvalue weighted by Crippen LogP contribution is -2.58. The number of amides is 4. The fraction of sp³-hybridized carbons (Fsp3) is 0.488. The Bertz CT molecular complexity index is 1840. The highest BCUT2D eigenvalue weighted by molar-refractivity contribution is 5.95. The topological polar surface area (TPSA) is 220 Å². The van der Waals surface area contributed by atoms with Crippen molar-refractivity contribution >= 4 is 41.3 Å². The van der Waals surface area contributed by atoms with Gasteiger partial charge in [-0.3, -0.25) is 24.0 Å². The molecule has 0 unspecified atom stereocenters. The number of rotatable bonds is 20. The van der Waals surface area contributed by atoms with Gasteiger partial charge in [0.15, 0.2) is 0 Å². The minimum atomic E-state index is -1.48. The zero-order valence-electron chi connectivity index (χ0n) is 33.5. The fourth-order valence-corrected chi connectivity index (χ4v) is 7.81. The van der Waals surface area contributed by atoms with Crippen LogP contribution in [0.5, 0.6) is 0 Å². The summed E-state index contributed by atoms with van der Waals surface area (Å²) in [7, 11) is 0. The molecule has 308 valence electrons. The smallest absolute Gasteiger partial charge is 0.326 e. The zero-order chi connectivity index (χ0) is 41.9. The molecule has 0 radical (unpaired) electrons. The molecule has 0 aromatic heterocycles. The van der Waals surface area contributed by atoms with E-state index < -0.39 is 77.6 Å². The molecule has 0 spiro atoms. The third kappa shape index (κ3) is 10.9. The molecule has 0 saturated carbocycles. The number of carbonyl (C=O) groups is 6. The molecule has 2 aromatic carbocycles. The summed E-state index contributed by atoms with van der Waals surface area (Å²) in [5.41, 5.74) is 9.02. The van der Waals surface area contributed by atoms with Crippen LogP contribution in [-0.4, -0.2) is 88.1 Å². The minimum Gasteiger partial charge on any atom is -0.481 e. The van der Waals surface area contributed by atoms with Gasteiger partial charge in [-0.15, -0.1) is 0 Å². The average Bonchev–Trinajstić information content (AvgIpc) is 3.68. The van der Waals surface area contributed by atoms with Crippen molar-refractivity contribution < 1.29 is 39.0 Å². The Labute approximate surface area is 334 Å². The number of carboxylic acid groups (broad SMARTS) is 2. The number of hydrogen-bond acceptors (Lipinski definition) is 8. The molecule has 0 aliphatic carbocycles. The van der Waals surface area contributed by atoms with E-state index in [-0.39, 0.29) is 31.8 Å². The van der Waals surface area contributed by atoms with Crippen LogP contribution >= 0.6 is 0 Å². The summed E-state index contributed by atoms with van der Waals surface area (Å²) in [6.45, 7) is 9.34. The van der Waals surface area contributed by atoms with Gasteiger partial charge >= 0.3 is 11.9 Å². The van der Waals surface area contributed by atoms with Crippen LogP contribution in [0, 0.1) is 11.8 Å². The Hall–Kier alpha value is -5.50. The molecule has 57 heavy (non-hydrogen) atoms. The first kappa shape index (κ1) is 44.2. The number of fused-ring (bicyclic) bond motifs is 3. The maximum atomic E-state index is 15.1. The molecule has 0 bridgehead atoms. The summed E-state index contributed by atoms with van der Waals surface area (Å²) in [6.07, 6.45) is 5.18. The molecule has 2 heterocycles. The molecule has 2 aliphatic heterocycles. The molecule has 1 fully saturated rings. The highest BCUT2D eigenvalue weighted by atomic mass is 16.4. The maximum Gasteiger partial charge on any atom is 0.326 e. The van der Waals surface area contributed by atoms with Gasteiger partial charge in [-0.05, 0) is 69.6 Å². The molecule has 7 atom stereocenters. The molecule has 8 N–H and O–H groups in total. The van der Waals surface area contributed by atoms with Gasteiger partial charge in [0.25, 0.3) is 0 Å². The maximum absolute atomic E-state index is 15.1. The van der Waals surface area contributed by atoms with Crippen LogP contribution in [0.25, 0.3) is 0 Å². The Morgan fingerprint density at radius 3 is 2.25 bits per heavy atom. The van der Waals surface area contributed by atoms with Crippen molar-refractivity contribution in [3.63, 3.8) is 0 Å². The van der Waals surface area contributed by atoms with Crippen LogP contribution in [0.15, 0.2) is 77.9 Å². The number of nitrogens with zero attached hydrogens (tertiary/aromatic N) is 1. The number of nitrogens with one attached hydrogen (secondary N) is 4. The number of para-hydroxylation sites is 1. The van der Waals surface area contributed by atoms with E-state index in [1.807, 2.05) is 89.2 Å². The normalized spacial score (nSPS) is 20.5. The first-order chi connectivity index (χ1) is 27.1. The summed E-state index contributed by atoms with van der Waals surface area (Å²) >= 11 is 0. The number of allylic oxidation sites excluding steroid dienone is 4. The third-order valence-electron chi connectivity index (χ3n) is 11.2. The minimum absolute atomic E-state index is 0.100. The highest BCUT2D eigenvalue weighted by Gasteiger charge is 2.63. The SMILES string of the molecule is CC[C@H](C)[C@H](NC(=O)CN)C(=O)N[C@@H](Cc1ccccc1)C(=O)N1C[C@H](C(=O)N[C@@H](CCC(=O)O)C(=O)O)[C@]2(C/C=C(/C)CCC=C(C)C)c3ccccc3N[C@H]12. The Kier molecular flexibility index (Phi) is 15.6. The van der Waals surface area contributed by atoms with E-state index in [1.165, 1.54) is 5.57 Å². The number of carbonyl (C=O) groups excluding carboxylic acids is 4. The first-order valence-corrected chi connectivity index (χ1v) is 19.7. The van der Waals surface area contributed by atoms with Crippen molar-refractivity contribution in [3.8, 4) is 0 Å². The van der Waals surface area contributed by atoms with Gasteiger partial charge in [-0.2, -0.15) is 0 Å².